The number of benzene rings is 1. The second-order valence-corrected chi connectivity index (χ2v) is 7.63. The van der Waals surface area contributed by atoms with Gasteiger partial charge >= 0.3 is 0 Å². The van der Waals surface area contributed by atoms with E-state index in [-0.39, 0.29) is 18.4 Å². The number of hydrogen-bond acceptors (Lipinski definition) is 4. The van der Waals surface area contributed by atoms with E-state index in [9.17, 15) is 14.0 Å². The molecule has 1 aromatic carbocycles. The maximum Gasteiger partial charge on any atom is 0.251 e. The van der Waals surface area contributed by atoms with Gasteiger partial charge in [-0.05, 0) is 57.0 Å². The zero-order valence-corrected chi connectivity index (χ0v) is 17.1. The summed E-state index contributed by atoms with van der Waals surface area (Å²) in [6, 6.07) is 7.36. The largest absolute Gasteiger partial charge is 0.385 e. The van der Waals surface area contributed by atoms with Crippen LogP contribution in [0.4, 0.5) is 4.39 Å². The number of nitrogens with zero attached hydrogens (tertiary/aromatic N) is 3. The van der Waals surface area contributed by atoms with Crippen molar-refractivity contribution in [3.63, 3.8) is 0 Å². The summed E-state index contributed by atoms with van der Waals surface area (Å²) in [5, 5.41) is 7.42. The van der Waals surface area contributed by atoms with E-state index in [1.807, 2.05) is 19.9 Å². The molecule has 8 heteroatoms. The van der Waals surface area contributed by atoms with E-state index in [2.05, 4.69) is 10.4 Å². The van der Waals surface area contributed by atoms with E-state index < -0.39 is 11.4 Å². The molecule has 0 bridgehead atoms. The standard InChI is InChI=1S/C21H27FN4O3/c1-15-12-16(2)26(24-15)13-19(27)25-10-8-21(14-25,9-11-29-3)23-20(28)17-4-6-18(22)7-5-17/h4-7,12H,8-11,13-14H2,1-3H3,(H,23,28). The summed E-state index contributed by atoms with van der Waals surface area (Å²) in [5.41, 5.74) is 1.62. The van der Waals surface area contributed by atoms with E-state index in [4.69, 9.17) is 4.74 Å². The first-order valence-electron chi connectivity index (χ1n) is 9.68. The van der Waals surface area contributed by atoms with Gasteiger partial charge in [-0.1, -0.05) is 0 Å². The van der Waals surface area contributed by atoms with Gasteiger partial charge < -0.3 is 15.0 Å². The molecule has 1 aliphatic heterocycles. The van der Waals surface area contributed by atoms with E-state index in [1.165, 1.54) is 24.3 Å². The first kappa shape index (κ1) is 21.0. The minimum Gasteiger partial charge on any atom is -0.385 e. The maximum atomic E-state index is 13.1. The van der Waals surface area contributed by atoms with Gasteiger partial charge in [-0.2, -0.15) is 5.10 Å². The number of aromatic nitrogens is 2. The molecule has 2 amide bonds. The van der Waals surface area contributed by atoms with Crippen LogP contribution in [0, 0.1) is 19.7 Å². The normalized spacial score (nSPS) is 18.8. The maximum absolute atomic E-state index is 13.1. The van der Waals surface area contributed by atoms with Crippen LogP contribution < -0.4 is 5.32 Å². The third-order valence-corrected chi connectivity index (χ3v) is 5.36. The van der Waals surface area contributed by atoms with E-state index >= 15 is 0 Å². The molecule has 1 fully saturated rings. The number of aryl methyl sites for hydroxylation is 2. The number of rotatable bonds is 7. The second kappa shape index (κ2) is 8.73. The van der Waals surface area contributed by atoms with Crippen LogP contribution in [0.1, 0.15) is 34.6 Å². The van der Waals surface area contributed by atoms with Gasteiger partial charge in [0.15, 0.2) is 0 Å². The van der Waals surface area contributed by atoms with Crippen LogP contribution in [0.2, 0.25) is 0 Å². The van der Waals surface area contributed by atoms with E-state index in [0.29, 0.717) is 38.1 Å². The number of hydrogen-bond donors (Lipinski definition) is 1. The van der Waals surface area contributed by atoms with Crippen molar-refractivity contribution in [2.24, 2.45) is 0 Å². The van der Waals surface area contributed by atoms with Crippen molar-refractivity contribution in [1.29, 1.82) is 0 Å². The molecule has 0 aliphatic carbocycles. The van der Waals surface area contributed by atoms with Gasteiger partial charge in [0.05, 0.1) is 11.2 Å². The molecule has 1 aromatic heterocycles. The molecule has 29 heavy (non-hydrogen) atoms. The molecule has 1 unspecified atom stereocenters. The van der Waals surface area contributed by atoms with Gasteiger partial charge in [-0.25, -0.2) is 4.39 Å². The summed E-state index contributed by atoms with van der Waals surface area (Å²) >= 11 is 0. The predicted octanol–water partition coefficient (Wildman–Crippen LogP) is 2.08. The minimum atomic E-state index is -0.577. The van der Waals surface area contributed by atoms with Crippen molar-refractivity contribution in [3.05, 3.63) is 53.1 Å². The Morgan fingerprint density at radius 3 is 2.62 bits per heavy atom. The number of amides is 2. The number of nitrogens with one attached hydrogen (secondary N) is 1. The van der Waals surface area contributed by atoms with E-state index in [0.717, 1.165) is 11.4 Å². The molecular formula is C21H27FN4O3. The average molecular weight is 402 g/mol. The molecule has 156 valence electrons. The number of likely N-dealkylation sites (tertiary alicyclic amines) is 1. The highest BCUT2D eigenvalue weighted by molar-refractivity contribution is 5.94. The Morgan fingerprint density at radius 1 is 1.28 bits per heavy atom. The Kier molecular flexibility index (Phi) is 6.32. The van der Waals surface area contributed by atoms with Crippen molar-refractivity contribution >= 4 is 11.8 Å². The van der Waals surface area contributed by atoms with Crippen LogP contribution in [-0.2, 0) is 16.1 Å². The zero-order valence-electron chi connectivity index (χ0n) is 17.1. The average Bonchev–Trinajstić information content (AvgIpc) is 3.24. The molecule has 1 aliphatic rings. The summed E-state index contributed by atoms with van der Waals surface area (Å²) < 4.78 is 20.1. The molecule has 1 atom stereocenters. The van der Waals surface area contributed by atoms with Gasteiger partial charge in [0, 0.05) is 38.1 Å². The Labute approximate surface area is 169 Å². The molecule has 7 nitrogen and oxygen atoms in total. The summed E-state index contributed by atoms with van der Waals surface area (Å²) in [4.78, 5) is 27.3. The first-order chi connectivity index (χ1) is 13.8. The number of carbonyl (C=O) groups excluding carboxylic acids is 2. The predicted molar refractivity (Wildman–Crippen MR) is 106 cm³/mol. The highest BCUT2D eigenvalue weighted by Gasteiger charge is 2.41. The Hall–Kier alpha value is -2.74. The van der Waals surface area contributed by atoms with Crippen molar-refractivity contribution in [2.75, 3.05) is 26.8 Å². The van der Waals surface area contributed by atoms with Gasteiger partial charge in [0.25, 0.3) is 5.91 Å². The smallest absolute Gasteiger partial charge is 0.251 e. The van der Waals surface area contributed by atoms with Crippen molar-refractivity contribution in [3.8, 4) is 0 Å². The minimum absolute atomic E-state index is 0.0356. The van der Waals surface area contributed by atoms with Crippen molar-refractivity contribution in [2.45, 2.75) is 38.8 Å². The number of methoxy groups -OCH3 is 1. The third-order valence-electron chi connectivity index (χ3n) is 5.36. The van der Waals surface area contributed by atoms with Crippen LogP contribution in [0.3, 0.4) is 0 Å². The van der Waals surface area contributed by atoms with Gasteiger partial charge in [0.2, 0.25) is 5.91 Å². The molecule has 3 rings (SSSR count). The summed E-state index contributed by atoms with van der Waals surface area (Å²) in [7, 11) is 1.61. The van der Waals surface area contributed by atoms with Crippen LogP contribution >= 0.6 is 0 Å². The van der Waals surface area contributed by atoms with Crippen molar-refractivity contribution in [1.82, 2.24) is 20.0 Å². The summed E-state index contributed by atoms with van der Waals surface area (Å²) in [6.07, 6.45) is 1.21. The molecule has 0 spiro atoms. The number of halogens is 1. The molecule has 1 saturated heterocycles. The summed E-state index contributed by atoms with van der Waals surface area (Å²) in [5.74, 6) is -0.710. The van der Waals surface area contributed by atoms with Crippen LogP contribution in [0.25, 0.3) is 0 Å². The van der Waals surface area contributed by atoms with Gasteiger partial charge in [-0.15, -0.1) is 0 Å². The zero-order chi connectivity index (χ0) is 21.0. The lowest BCUT2D eigenvalue weighted by atomic mass is 9.94. The van der Waals surface area contributed by atoms with Gasteiger partial charge in [0.1, 0.15) is 12.4 Å². The Balaban J connectivity index is 1.70. The second-order valence-electron chi connectivity index (χ2n) is 7.63. The molecule has 2 aromatic rings. The lowest BCUT2D eigenvalue weighted by Crippen LogP contribution is -2.51. The molecule has 0 radical (unpaired) electrons. The fourth-order valence-electron chi connectivity index (χ4n) is 3.73. The number of ether oxygens (including phenoxy) is 1. The topological polar surface area (TPSA) is 76.5 Å². The van der Waals surface area contributed by atoms with Crippen molar-refractivity contribution < 1.29 is 18.7 Å². The monoisotopic (exact) mass is 402 g/mol. The van der Waals surface area contributed by atoms with Crippen LogP contribution in [-0.4, -0.2) is 58.8 Å². The highest BCUT2D eigenvalue weighted by Crippen LogP contribution is 2.26. The lowest BCUT2D eigenvalue weighted by molar-refractivity contribution is -0.131. The molecule has 1 N–H and O–H groups in total. The Morgan fingerprint density at radius 2 is 2.00 bits per heavy atom. The fraction of sp³-hybridized carbons (Fsp3) is 0.476. The quantitative estimate of drug-likeness (QED) is 0.769. The Bertz CT molecular complexity index is 881. The van der Waals surface area contributed by atoms with Crippen LogP contribution in [0.5, 0.6) is 0 Å². The fourth-order valence-corrected chi connectivity index (χ4v) is 3.73. The lowest BCUT2D eigenvalue weighted by Gasteiger charge is -2.30. The molecule has 2 heterocycles. The highest BCUT2D eigenvalue weighted by atomic mass is 19.1. The molecule has 0 saturated carbocycles. The summed E-state index contributed by atoms with van der Waals surface area (Å²) in [6.45, 7) is 5.40. The third kappa shape index (κ3) is 5.00. The first-order valence-corrected chi connectivity index (χ1v) is 9.68. The number of carbonyl (C=O) groups is 2. The van der Waals surface area contributed by atoms with Crippen LogP contribution in [0.15, 0.2) is 30.3 Å². The SMILES string of the molecule is COCCC1(NC(=O)c2ccc(F)cc2)CCN(C(=O)Cn2nc(C)cc2C)C1. The van der Waals surface area contributed by atoms with E-state index in [1.54, 1.807) is 16.7 Å². The van der Waals surface area contributed by atoms with Gasteiger partial charge in [-0.3, -0.25) is 14.3 Å². The molecular weight excluding hydrogens is 375 g/mol.